The molecule has 2 atom stereocenters. The second-order valence-electron chi connectivity index (χ2n) is 5.53. The number of nitrogens with zero attached hydrogens (tertiary/aromatic N) is 1. The van der Waals surface area contributed by atoms with Crippen LogP contribution < -0.4 is 5.73 Å². The molecular formula is C15H23ClN2OS. The van der Waals surface area contributed by atoms with Crippen molar-refractivity contribution in [1.29, 1.82) is 0 Å². The van der Waals surface area contributed by atoms with Gasteiger partial charge in [-0.05, 0) is 37.8 Å². The number of carbonyl (C=O) groups excluding carboxylic acids is 1. The van der Waals surface area contributed by atoms with Gasteiger partial charge in [-0.3, -0.25) is 4.79 Å². The van der Waals surface area contributed by atoms with Gasteiger partial charge in [-0.1, -0.05) is 24.4 Å². The maximum Gasteiger partial charge on any atom is 0.223 e. The second-order valence-corrected chi connectivity index (χ2v) is 7.33. The van der Waals surface area contributed by atoms with Crippen LogP contribution in [0.3, 0.4) is 0 Å². The monoisotopic (exact) mass is 314 g/mol. The topological polar surface area (TPSA) is 46.3 Å². The number of nitrogens with two attached hydrogens (primary N) is 1. The lowest BCUT2D eigenvalue weighted by Crippen LogP contribution is -2.38. The second kappa shape index (κ2) is 7.43. The third kappa shape index (κ3) is 4.21. The van der Waals surface area contributed by atoms with Crippen molar-refractivity contribution in [2.75, 3.05) is 6.54 Å². The zero-order chi connectivity index (χ0) is 14.5. The van der Waals surface area contributed by atoms with Gasteiger partial charge in [-0.25, -0.2) is 0 Å². The molecule has 0 aromatic carbocycles. The highest BCUT2D eigenvalue weighted by atomic mass is 35.5. The lowest BCUT2D eigenvalue weighted by atomic mass is 9.83. The van der Waals surface area contributed by atoms with E-state index in [0.29, 0.717) is 18.9 Å². The summed E-state index contributed by atoms with van der Waals surface area (Å²) in [5.41, 5.74) is 6.14. The molecule has 20 heavy (non-hydrogen) atoms. The first kappa shape index (κ1) is 15.8. The van der Waals surface area contributed by atoms with E-state index in [1.807, 2.05) is 24.0 Å². The fraction of sp³-hybridized carbons (Fsp3) is 0.667. The number of hydrogen-bond acceptors (Lipinski definition) is 3. The van der Waals surface area contributed by atoms with E-state index in [9.17, 15) is 4.79 Å². The Hall–Kier alpha value is -0.580. The molecule has 1 aliphatic rings. The fourth-order valence-corrected chi connectivity index (χ4v) is 3.95. The van der Waals surface area contributed by atoms with Gasteiger partial charge in [0.1, 0.15) is 0 Å². The molecule has 0 spiro atoms. The smallest absolute Gasteiger partial charge is 0.223 e. The molecule has 2 unspecified atom stereocenters. The molecule has 2 N–H and O–H groups in total. The summed E-state index contributed by atoms with van der Waals surface area (Å²) in [5.74, 6) is 0.580. The van der Waals surface area contributed by atoms with E-state index in [1.165, 1.54) is 12.8 Å². The van der Waals surface area contributed by atoms with Crippen LogP contribution in [0.25, 0.3) is 0 Å². The maximum absolute atomic E-state index is 12.4. The minimum atomic E-state index is 0.197. The van der Waals surface area contributed by atoms with Crippen LogP contribution in [0, 0.1) is 5.92 Å². The quantitative estimate of drug-likeness (QED) is 0.901. The normalized spacial score (nSPS) is 22.8. The van der Waals surface area contributed by atoms with Gasteiger partial charge in [0.2, 0.25) is 5.91 Å². The van der Waals surface area contributed by atoms with Crippen molar-refractivity contribution in [3.63, 3.8) is 0 Å². The fourth-order valence-electron chi connectivity index (χ4n) is 2.84. The Morgan fingerprint density at radius 1 is 1.45 bits per heavy atom. The molecule has 1 aromatic rings. The van der Waals surface area contributed by atoms with Crippen LogP contribution in [0.1, 0.15) is 43.9 Å². The SMILES string of the molecule is CCN(Cc1ccc(Cl)s1)C(=O)CC1CCCCC1N. The number of carbonyl (C=O) groups is 1. The summed E-state index contributed by atoms with van der Waals surface area (Å²) in [4.78, 5) is 15.5. The third-order valence-corrected chi connectivity index (χ3v) is 5.33. The Labute approximate surface area is 130 Å². The molecule has 1 heterocycles. The summed E-state index contributed by atoms with van der Waals surface area (Å²) in [6, 6.07) is 4.08. The summed E-state index contributed by atoms with van der Waals surface area (Å²) in [6.07, 6.45) is 5.16. The summed E-state index contributed by atoms with van der Waals surface area (Å²) >= 11 is 7.48. The average molecular weight is 315 g/mol. The molecule has 112 valence electrons. The molecule has 0 radical (unpaired) electrons. The Bertz CT molecular complexity index is 449. The molecule has 1 fully saturated rings. The zero-order valence-electron chi connectivity index (χ0n) is 12.0. The van der Waals surface area contributed by atoms with Crippen LogP contribution in [0.15, 0.2) is 12.1 Å². The van der Waals surface area contributed by atoms with E-state index in [1.54, 1.807) is 11.3 Å². The molecule has 3 nitrogen and oxygen atoms in total. The lowest BCUT2D eigenvalue weighted by Gasteiger charge is -2.30. The summed E-state index contributed by atoms with van der Waals surface area (Å²) in [6.45, 7) is 3.42. The minimum Gasteiger partial charge on any atom is -0.338 e. The number of amides is 1. The van der Waals surface area contributed by atoms with Crippen LogP contribution in [0.5, 0.6) is 0 Å². The highest BCUT2D eigenvalue weighted by Gasteiger charge is 2.26. The molecule has 0 aliphatic heterocycles. The van der Waals surface area contributed by atoms with Crippen molar-refractivity contribution >= 4 is 28.8 Å². The average Bonchev–Trinajstić information content (AvgIpc) is 2.84. The highest BCUT2D eigenvalue weighted by molar-refractivity contribution is 7.16. The third-order valence-electron chi connectivity index (χ3n) is 4.11. The number of thiophene rings is 1. The molecule has 2 rings (SSSR count). The summed E-state index contributed by atoms with van der Waals surface area (Å²) < 4.78 is 0.776. The van der Waals surface area contributed by atoms with Crippen LogP contribution in [-0.2, 0) is 11.3 Å². The van der Waals surface area contributed by atoms with Crippen LogP contribution in [-0.4, -0.2) is 23.4 Å². The summed E-state index contributed by atoms with van der Waals surface area (Å²) in [5, 5.41) is 0. The Balaban J connectivity index is 1.91. The van der Waals surface area contributed by atoms with Gasteiger partial charge in [0, 0.05) is 23.9 Å². The Morgan fingerprint density at radius 2 is 2.20 bits per heavy atom. The predicted octanol–water partition coefficient (Wildman–Crippen LogP) is 3.66. The first-order valence-electron chi connectivity index (χ1n) is 7.37. The highest BCUT2D eigenvalue weighted by Crippen LogP contribution is 2.27. The first-order chi connectivity index (χ1) is 9.60. The minimum absolute atomic E-state index is 0.197. The van der Waals surface area contributed by atoms with Crippen molar-refractivity contribution < 1.29 is 4.79 Å². The van der Waals surface area contributed by atoms with E-state index in [2.05, 4.69) is 0 Å². The van der Waals surface area contributed by atoms with Crippen LogP contribution in [0.2, 0.25) is 4.34 Å². The van der Waals surface area contributed by atoms with Crippen LogP contribution in [0.4, 0.5) is 0 Å². The Morgan fingerprint density at radius 3 is 2.80 bits per heavy atom. The maximum atomic E-state index is 12.4. The van der Waals surface area contributed by atoms with E-state index >= 15 is 0 Å². The van der Waals surface area contributed by atoms with E-state index in [0.717, 1.165) is 28.6 Å². The molecular weight excluding hydrogens is 292 g/mol. The molecule has 1 amide bonds. The zero-order valence-corrected chi connectivity index (χ0v) is 13.6. The van der Waals surface area contributed by atoms with Crippen molar-refractivity contribution in [2.24, 2.45) is 11.7 Å². The lowest BCUT2D eigenvalue weighted by molar-refractivity contribution is -0.133. The van der Waals surface area contributed by atoms with Gasteiger partial charge in [0.05, 0.1) is 10.9 Å². The molecule has 5 heteroatoms. The number of rotatable bonds is 5. The van der Waals surface area contributed by atoms with Gasteiger partial charge in [0.25, 0.3) is 0 Å². The van der Waals surface area contributed by atoms with Crippen molar-refractivity contribution in [2.45, 2.75) is 51.6 Å². The van der Waals surface area contributed by atoms with Gasteiger partial charge >= 0.3 is 0 Å². The van der Waals surface area contributed by atoms with Crippen LogP contribution >= 0.6 is 22.9 Å². The molecule has 0 bridgehead atoms. The summed E-state index contributed by atoms with van der Waals surface area (Å²) in [7, 11) is 0. The standard InChI is InChI=1S/C15H23ClN2OS/c1-2-18(10-12-7-8-14(16)20-12)15(19)9-11-5-3-4-6-13(11)17/h7-8,11,13H,2-6,9-10,17H2,1H3. The van der Waals surface area contributed by atoms with Crippen molar-refractivity contribution in [3.8, 4) is 0 Å². The molecule has 1 aromatic heterocycles. The predicted molar refractivity (Wildman–Crippen MR) is 85.0 cm³/mol. The van der Waals surface area contributed by atoms with Gasteiger partial charge in [-0.15, -0.1) is 11.3 Å². The number of hydrogen-bond donors (Lipinski definition) is 1. The molecule has 1 saturated carbocycles. The van der Waals surface area contributed by atoms with Gasteiger partial charge < -0.3 is 10.6 Å². The van der Waals surface area contributed by atoms with Gasteiger partial charge in [0.15, 0.2) is 0 Å². The van der Waals surface area contributed by atoms with Gasteiger partial charge in [-0.2, -0.15) is 0 Å². The van der Waals surface area contributed by atoms with E-state index < -0.39 is 0 Å². The Kier molecular flexibility index (Phi) is 5.87. The largest absolute Gasteiger partial charge is 0.338 e. The molecule has 1 aliphatic carbocycles. The molecule has 0 saturated heterocycles. The first-order valence-corrected chi connectivity index (χ1v) is 8.57. The van der Waals surface area contributed by atoms with E-state index in [-0.39, 0.29) is 11.9 Å². The van der Waals surface area contributed by atoms with Crippen molar-refractivity contribution in [3.05, 3.63) is 21.3 Å². The van der Waals surface area contributed by atoms with Crippen molar-refractivity contribution in [1.82, 2.24) is 4.90 Å². The number of halogens is 1. The van der Waals surface area contributed by atoms with E-state index in [4.69, 9.17) is 17.3 Å².